The fourth-order valence-electron chi connectivity index (χ4n) is 2.59. The Balaban J connectivity index is 1.98. The third-order valence-electron chi connectivity index (χ3n) is 3.66. The maximum Gasteiger partial charge on any atom is 0.224 e. The Labute approximate surface area is 124 Å². The molecule has 1 amide bonds. The zero-order chi connectivity index (χ0) is 14.5. The van der Waals surface area contributed by atoms with Crippen LogP contribution in [0.15, 0.2) is 24.3 Å². The molecule has 1 aromatic rings. The predicted molar refractivity (Wildman–Crippen MR) is 79.0 cm³/mol. The van der Waals surface area contributed by atoms with E-state index in [-0.39, 0.29) is 17.6 Å². The molecule has 20 heavy (non-hydrogen) atoms. The number of benzene rings is 1. The van der Waals surface area contributed by atoms with Gasteiger partial charge in [-0.15, -0.1) is 0 Å². The first-order valence-corrected chi connectivity index (χ1v) is 7.21. The minimum Gasteiger partial charge on any atom is -0.359 e. The van der Waals surface area contributed by atoms with E-state index in [0.717, 1.165) is 19.4 Å². The van der Waals surface area contributed by atoms with Crippen molar-refractivity contribution in [2.24, 2.45) is 5.92 Å². The fraction of sp³-hybridized carbons (Fsp3) is 0.467. The molecular weight excluding hydrogens is 276 g/mol. The van der Waals surface area contributed by atoms with Gasteiger partial charge in [-0.3, -0.25) is 14.5 Å². The number of hydrogen-bond donors (Lipinski definition) is 1. The lowest BCUT2D eigenvalue weighted by atomic mass is 9.96. The number of piperidine rings is 1. The van der Waals surface area contributed by atoms with Crippen LogP contribution < -0.4 is 5.32 Å². The molecule has 0 aliphatic carbocycles. The van der Waals surface area contributed by atoms with Crippen LogP contribution in [-0.4, -0.2) is 43.3 Å². The van der Waals surface area contributed by atoms with Gasteiger partial charge in [-0.05, 0) is 31.5 Å². The molecule has 0 saturated carbocycles. The van der Waals surface area contributed by atoms with Crippen LogP contribution in [0.4, 0.5) is 0 Å². The van der Waals surface area contributed by atoms with E-state index in [1.807, 2.05) is 17.0 Å². The molecule has 0 bridgehead atoms. The summed E-state index contributed by atoms with van der Waals surface area (Å²) in [7, 11) is 1.65. The van der Waals surface area contributed by atoms with Crippen LogP contribution in [0.25, 0.3) is 0 Å². The number of amides is 1. The van der Waals surface area contributed by atoms with Gasteiger partial charge in [0.15, 0.2) is 5.78 Å². The summed E-state index contributed by atoms with van der Waals surface area (Å²) < 4.78 is 0. The van der Waals surface area contributed by atoms with Crippen LogP contribution in [0.1, 0.15) is 23.2 Å². The molecule has 1 heterocycles. The van der Waals surface area contributed by atoms with E-state index in [0.29, 0.717) is 23.7 Å². The van der Waals surface area contributed by atoms with Crippen molar-refractivity contribution >= 4 is 23.3 Å². The van der Waals surface area contributed by atoms with E-state index in [4.69, 9.17) is 11.6 Å². The highest BCUT2D eigenvalue weighted by Crippen LogP contribution is 2.19. The van der Waals surface area contributed by atoms with Gasteiger partial charge < -0.3 is 5.32 Å². The number of hydrogen-bond acceptors (Lipinski definition) is 3. The highest BCUT2D eigenvalue weighted by atomic mass is 35.5. The molecule has 1 saturated heterocycles. The summed E-state index contributed by atoms with van der Waals surface area (Å²) in [5, 5.41) is 3.16. The van der Waals surface area contributed by atoms with Crippen molar-refractivity contribution in [3.05, 3.63) is 34.9 Å². The Kier molecular flexibility index (Phi) is 5.15. The second-order valence-electron chi connectivity index (χ2n) is 5.09. The molecule has 0 radical (unpaired) electrons. The lowest BCUT2D eigenvalue weighted by molar-refractivity contribution is -0.126. The molecular formula is C15H19ClN2O2. The van der Waals surface area contributed by atoms with Gasteiger partial charge >= 0.3 is 0 Å². The first kappa shape index (κ1) is 15.0. The standard InChI is InChI=1S/C15H19ClN2O2/c1-17-15(20)11-5-4-8-18(9-11)10-14(19)12-6-2-3-7-13(12)16/h2-3,6-7,11H,4-5,8-10H2,1H3,(H,17,20). The van der Waals surface area contributed by atoms with Crippen molar-refractivity contribution in [1.29, 1.82) is 0 Å². The molecule has 108 valence electrons. The van der Waals surface area contributed by atoms with Crippen molar-refractivity contribution in [3.8, 4) is 0 Å². The van der Waals surface area contributed by atoms with Crippen molar-refractivity contribution in [3.63, 3.8) is 0 Å². The van der Waals surface area contributed by atoms with E-state index in [9.17, 15) is 9.59 Å². The van der Waals surface area contributed by atoms with Gasteiger partial charge in [0, 0.05) is 19.2 Å². The number of nitrogens with one attached hydrogen (secondary N) is 1. The molecule has 1 aliphatic rings. The minimum atomic E-state index is -0.0206. The summed E-state index contributed by atoms with van der Waals surface area (Å²) in [4.78, 5) is 26.0. The molecule has 0 spiro atoms. The molecule has 1 aromatic carbocycles. The first-order valence-electron chi connectivity index (χ1n) is 6.83. The monoisotopic (exact) mass is 294 g/mol. The number of halogens is 1. The minimum absolute atomic E-state index is 0.00755. The van der Waals surface area contributed by atoms with Gasteiger partial charge in [-0.1, -0.05) is 23.7 Å². The summed E-state index contributed by atoms with van der Waals surface area (Å²) in [5.74, 6) is 0.0424. The van der Waals surface area contributed by atoms with Crippen molar-refractivity contribution < 1.29 is 9.59 Å². The van der Waals surface area contributed by atoms with Gasteiger partial charge in [0.25, 0.3) is 0 Å². The molecule has 2 rings (SSSR count). The van der Waals surface area contributed by atoms with Gasteiger partial charge in [-0.25, -0.2) is 0 Å². The van der Waals surface area contributed by atoms with Crippen LogP contribution in [0.2, 0.25) is 5.02 Å². The predicted octanol–water partition coefficient (Wildman–Crippen LogP) is 1.98. The number of carbonyl (C=O) groups is 2. The van der Waals surface area contributed by atoms with E-state index >= 15 is 0 Å². The van der Waals surface area contributed by atoms with Crippen molar-refractivity contribution in [2.75, 3.05) is 26.7 Å². The summed E-state index contributed by atoms with van der Waals surface area (Å²) in [5.41, 5.74) is 0.552. The molecule has 1 aliphatic heterocycles. The zero-order valence-electron chi connectivity index (χ0n) is 11.6. The Morgan fingerprint density at radius 1 is 1.40 bits per heavy atom. The summed E-state index contributed by atoms with van der Waals surface area (Å²) in [6, 6.07) is 7.08. The first-order chi connectivity index (χ1) is 9.61. The Morgan fingerprint density at radius 3 is 2.85 bits per heavy atom. The summed E-state index contributed by atoms with van der Waals surface area (Å²) >= 11 is 6.03. The van der Waals surface area contributed by atoms with Gasteiger partial charge in [0.05, 0.1) is 17.5 Å². The third kappa shape index (κ3) is 3.58. The normalized spacial score (nSPS) is 19.6. The highest BCUT2D eigenvalue weighted by molar-refractivity contribution is 6.34. The van der Waals surface area contributed by atoms with Gasteiger partial charge in [0.2, 0.25) is 5.91 Å². The molecule has 1 atom stereocenters. The van der Waals surface area contributed by atoms with E-state index in [2.05, 4.69) is 5.32 Å². The smallest absolute Gasteiger partial charge is 0.224 e. The summed E-state index contributed by atoms with van der Waals surface area (Å²) in [6.45, 7) is 1.80. The fourth-order valence-corrected chi connectivity index (χ4v) is 2.83. The van der Waals surface area contributed by atoms with Gasteiger partial charge in [-0.2, -0.15) is 0 Å². The molecule has 1 N–H and O–H groups in total. The van der Waals surface area contributed by atoms with Crippen LogP contribution >= 0.6 is 11.6 Å². The SMILES string of the molecule is CNC(=O)C1CCCN(CC(=O)c2ccccc2Cl)C1. The number of nitrogens with zero attached hydrogens (tertiary/aromatic N) is 1. The summed E-state index contributed by atoms with van der Waals surface area (Å²) in [6.07, 6.45) is 1.82. The lowest BCUT2D eigenvalue weighted by Gasteiger charge is -2.31. The van der Waals surface area contributed by atoms with Gasteiger partial charge in [0.1, 0.15) is 0 Å². The molecule has 1 fully saturated rings. The Bertz CT molecular complexity index is 504. The second kappa shape index (κ2) is 6.86. The van der Waals surface area contributed by atoms with E-state index in [1.54, 1.807) is 19.2 Å². The van der Waals surface area contributed by atoms with E-state index in [1.165, 1.54) is 0 Å². The maximum atomic E-state index is 12.3. The number of rotatable bonds is 4. The van der Waals surface area contributed by atoms with E-state index < -0.39 is 0 Å². The van der Waals surface area contributed by atoms with Crippen LogP contribution in [-0.2, 0) is 4.79 Å². The number of Topliss-reactive ketones (excluding diaryl/α,β-unsaturated/α-hetero) is 1. The topological polar surface area (TPSA) is 49.4 Å². The highest BCUT2D eigenvalue weighted by Gasteiger charge is 2.26. The second-order valence-corrected chi connectivity index (χ2v) is 5.50. The molecule has 5 heteroatoms. The van der Waals surface area contributed by atoms with Crippen molar-refractivity contribution in [2.45, 2.75) is 12.8 Å². The number of ketones is 1. The maximum absolute atomic E-state index is 12.3. The molecule has 1 unspecified atom stereocenters. The largest absolute Gasteiger partial charge is 0.359 e. The third-order valence-corrected chi connectivity index (χ3v) is 3.99. The Morgan fingerprint density at radius 2 is 2.15 bits per heavy atom. The average Bonchev–Trinajstić information content (AvgIpc) is 2.47. The quantitative estimate of drug-likeness (QED) is 0.864. The Hall–Kier alpha value is -1.39. The van der Waals surface area contributed by atoms with Crippen LogP contribution in [0.3, 0.4) is 0 Å². The number of carbonyl (C=O) groups excluding carboxylic acids is 2. The lowest BCUT2D eigenvalue weighted by Crippen LogP contribution is -2.44. The van der Waals surface area contributed by atoms with Crippen LogP contribution in [0, 0.1) is 5.92 Å². The van der Waals surface area contributed by atoms with Crippen LogP contribution in [0.5, 0.6) is 0 Å². The van der Waals surface area contributed by atoms with Crippen molar-refractivity contribution in [1.82, 2.24) is 10.2 Å². The zero-order valence-corrected chi connectivity index (χ0v) is 12.3. The molecule has 4 nitrogen and oxygen atoms in total. The molecule has 0 aromatic heterocycles. The average molecular weight is 295 g/mol. The number of likely N-dealkylation sites (tertiary alicyclic amines) is 1.